The molecule has 0 bridgehead atoms. The number of carbonyl (C=O) groups is 2. The summed E-state index contributed by atoms with van der Waals surface area (Å²) in [5.74, 6) is -0.109. The van der Waals surface area contributed by atoms with Gasteiger partial charge in [-0.3, -0.25) is 14.3 Å². The molecule has 2 heterocycles. The van der Waals surface area contributed by atoms with E-state index < -0.39 is 6.04 Å². The van der Waals surface area contributed by atoms with Gasteiger partial charge in [0.1, 0.15) is 6.04 Å². The smallest absolute Gasteiger partial charge is 0.245 e. The van der Waals surface area contributed by atoms with Crippen molar-refractivity contribution in [1.82, 2.24) is 20.0 Å². The number of amides is 2. The summed E-state index contributed by atoms with van der Waals surface area (Å²) in [5, 5.41) is 7.11. The van der Waals surface area contributed by atoms with E-state index in [0.29, 0.717) is 13.0 Å². The predicted octanol–water partition coefficient (Wildman–Crippen LogP) is 0.608. The van der Waals surface area contributed by atoms with Crippen molar-refractivity contribution in [2.75, 3.05) is 0 Å². The number of hydrogen-bond donors (Lipinski definition) is 1. The molecule has 1 fully saturated rings. The Morgan fingerprint density at radius 1 is 1.40 bits per heavy atom. The van der Waals surface area contributed by atoms with Gasteiger partial charge in [0.05, 0.1) is 17.9 Å². The van der Waals surface area contributed by atoms with Crippen LogP contribution >= 0.6 is 0 Å². The van der Waals surface area contributed by atoms with Crippen LogP contribution in [-0.4, -0.2) is 38.6 Å². The fourth-order valence-electron chi connectivity index (χ4n) is 2.51. The monoisotopic (exact) mass is 278 g/mol. The third-order valence-electron chi connectivity index (χ3n) is 3.77. The fourth-order valence-corrected chi connectivity index (χ4v) is 2.51. The molecule has 0 aromatic carbocycles. The molecule has 1 saturated heterocycles. The van der Waals surface area contributed by atoms with Gasteiger partial charge in [0.2, 0.25) is 11.8 Å². The van der Waals surface area contributed by atoms with Crippen LogP contribution in [-0.2, 0) is 29.6 Å². The molecule has 0 aliphatic carbocycles. The minimum Gasteiger partial charge on any atom is -0.345 e. The Morgan fingerprint density at radius 3 is 2.70 bits per heavy atom. The fraction of sp³-hybridized carbons (Fsp3) is 0.643. The van der Waals surface area contributed by atoms with Crippen molar-refractivity contribution in [3.8, 4) is 0 Å². The van der Waals surface area contributed by atoms with Gasteiger partial charge in [0.15, 0.2) is 0 Å². The summed E-state index contributed by atoms with van der Waals surface area (Å²) in [6.45, 7) is 6.18. The highest BCUT2D eigenvalue weighted by atomic mass is 16.2. The second kappa shape index (κ2) is 5.64. The van der Waals surface area contributed by atoms with Crippen molar-refractivity contribution in [3.05, 3.63) is 17.5 Å². The molecule has 1 aromatic heterocycles. The maximum atomic E-state index is 12.4. The quantitative estimate of drug-likeness (QED) is 0.881. The molecule has 1 aromatic rings. The summed E-state index contributed by atoms with van der Waals surface area (Å²) in [4.78, 5) is 25.8. The van der Waals surface area contributed by atoms with Crippen molar-refractivity contribution in [3.63, 3.8) is 0 Å². The van der Waals surface area contributed by atoms with Gasteiger partial charge in [-0.25, -0.2) is 0 Å². The second-order valence-corrected chi connectivity index (χ2v) is 5.41. The van der Waals surface area contributed by atoms with Gasteiger partial charge < -0.3 is 10.2 Å². The molecule has 0 radical (unpaired) electrons. The van der Waals surface area contributed by atoms with Crippen LogP contribution in [0.15, 0.2) is 6.07 Å². The molecule has 2 atom stereocenters. The normalized spacial score (nSPS) is 23.7. The lowest BCUT2D eigenvalue weighted by Crippen LogP contribution is -2.44. The van der Waals surface area contributed by atoms with E-state index in [0.717, 1.165) is 17.8 Å². The van der Waals surface area contributed by atoms with Crippen LogP contribution in [0.3, 0.4) is 0 Å². The zero-order valence-electron chi connectivity index (χ0n) is 12.5. The van der Waals surface area contributed by atoms with E-state index in [1.807, 2.05) is 24.7 Å². The number of hydrogen-bond acceptors (Lipinski definition) is 3. The molecule has 1 aliphatic rings. The first-order chi connectivity index (χ1) is 9.42. The molecule has 0 spiro atoms. The number of rotatable bonds is 3. The van der Waals surface area contributed by atoms with Crippen LogP contribution in [0.4, 0.5) is 0 Å². The van der Waals surface area contributed by atoms with Gasteiger partial charge in [-0.2, -0.15) is 5.10 Å². The number of nitrogens with zero attached hydrogens (tertiary/aromatic N) is 3. The molecule has 2 unspecified atom stereocenters. The van der Waals surface area contributed by atoms with E-state index in [2.05, 4.69) is 17.3 Å². The summed E-state index contributed by atoms with van der Waals surface area (Å²) in [6, 6.07) is 1.45. The Balaban J connectivity index is 2.22. The van der Waals surface area contributed by atoms with Crippen molar-refractivity contribution in [1.29, 1.82) is 0 Å². The zero-order valence-corrected chi connectivity index (χ0v) is 12.5. The maximum Gasteiger partial charge on any atom is 0.245 e. The largest absolute Gasteiger partial charge is 0.345 e. The molecule has 20 heavy (non-hydrogen) atoms. The molecular formula is C14H22N4O2. The Labute approximate surface area is 119 Å². The summed E-state index contributed by atoms with van der Waals surface area (Å²) >= 11 is 0. The maximum absolute atomic E-state index is 12.4. The molecular weight excluding hydrogens is 256 g/mol. The van der Waals surface area contributed by atoms with Crippen LogP contribution < -0.4 is 5.32 Å². The van der Waals surface area contributed by atoms with Gasteiger partial charge in [0, 0.05) is 19.5 Å². The topological polar surface area (TPSA) is 67.2 Å². The van der Waals surface area contributed by atoms with E-state index in [4.69, 9.17) is 0 Å². The molecule has 1 aliphatic heterocycles. The van der Waals surface area contributed by atoms with Gasteiger partial charge in [-0.1, -0.05) is 6.92 Å². The van der Waals surface area contributed by atoms with Gasteiger partial charge >= 0.3 is 0 Å². The summed E-state index contributed by atoms with van der Waals surface area (Å²) in [7, 11) is 1.88. The average molecular weight is 278 g/mol. The lowest BCUT2D eigenvalue weighted by molar-refractivity contribution is -0.135. The van der Waals surface area contributed by atoms with Gasteiger partial charge in [0.25, 0.3) is 0 Å². The highest BCUT2D eigenvalue weighted by Crippen LogP contribution is 2.16. The molecule has 2 amide bonds. The van der Waals surface area contributed by atoms with Crippen LogP contribution in [0.25, 0.3) is 0 Å². The van der Waals surface area contributed by atoms with E-state index >= 15 is 0 Å². The van der Waals surface area contributed by atoms with Crippen molar-refractivity contribution >= 4 is 11.8 Å². The van der Waals surface area contributed by atoms with E-state index in [9.17, 15) is 9.59 Å². The first kappa shape index (κ1) is 14.6. The summed E-state index contributed by atoms with van der Waals surface area (Å²) in [5.41, 5.74) is 2.00. The highest BCUT2D eigenvalue weighted by Gasteiger charge is 2.31. The zero-order chi connectivity index (χ0) is 14.9. The number of aromatic nitrogens is 2. The number of nitrogens with one attached hydrogen (secondary N) is 1. The highest BCUT2D eigenvalue weighted by molar-refractivity contribution is 5.90. The molecule has 1 N–H and O–H groups in total. The molecule has 2 rings (SSSR count). The van der Waals surface area contributed by atoms with Crippen molar-refractivity contribution < 1.29 is 9.59 Å². The van der Waals surface area contributed by atoms with Crippen LogP contribution in [0.1, 0.15) is 38.6 Å². The summed E-state index contributed by atoms with van der Waals surface area (Å²) < 4.78 is 1.81. The lowest BCUT2D eigenvalue weighted by Gasteiger charge is -2.27. The predicted molar refractivity (Wildman–Crippen MR) is 74.8 cm³/mol. The molecule has 110 valence electrons. The van der Waals surface area contributed by atoms with E-state index in [1.165, 1.54) is 0 Å². The standard InChI is InChI=1S/C14H22N4O2/c1-5-11-7-12(17(4)16-11)8-18-9(2)6-13(19)15-10(3)14(18)20/h7,9-10H,5-6,8H2,1-4H3,(H,15,19). The number of carbonyl (C=O) groups excluding carboxylic acids is 2. The average Bonchev–Trinajstić information content (AvgIpc) is 2.71. The number of aryl methyl sites for hydroxylation is 2. The molecule has 0 saturated carbocycles. The summed E-state index contributed by atoms with van der Waals surface area (Å²) in [6.07, 6.45) is 1.21. The second-order valence-electron chi connectivity index (χ2n) is 5.41. The third-order valence-corrected chi connectivity index (χ3v) is 3.77. The lowest BCUT2D eigenvalue weighted by atomic mass is 10.2. The molecule has 6 nitrogen and oxygen atoms in total. The van der Waals surface area contributed by atoms with Gasteiger partial charge in [-0.05, 0) is 26.3 Å². The van der Waals surface area contributed by atoms with Crippen molar-refractivity contribution in [2.24, 2.45) is 7.05 Å². The first-order valence-electron chi connectivity index (χ1n) is 7.04. The Hall–Kier alpha value is -1.85. The van der Waals surface area contributed by atoms with E-state index in [1.54, 1.807) is 11.8 Å². The minimum atomic E-state index is -0.466. The van der Waals surface area contributed by atoms with Crippen molar-refractivity contribution in [2.45, 2.75) is 52.2 Å². The Bertz CT molecular complexity index is 523. The minimum absolute atomic E-state index is 0.0393. The first-order valence-corrected chi connectivity index (χ1v) is 7.04. The van der Waals surface area contributed by atoms with Crippen LogP contribution in [0, 0.1) is 0 Å². The van der Waals surface area contributed by atoms with E-state index in [-0.39, 0.29) is 17.9 Å². The van der Waals surface area contributed by atoms with Crippen LogP contribution in [0.5, 0.6) is 0 Å². The Kier molecular flexibility index (Phi) is 4.11. The third kappa shape index (κ3) is 2.84. The van der Waals surface area contributed by atoms with Crippen LogP contribution in [0.2, 0.25) is 0 Å². The van der Waals surface area contributed by atoms with Gasteiger partial charge in [-0.15, -0.1) is 0 Å². The Morgan fingerprint density at radius 2 is 2.10 bits per heavy atom. The SMILES string of the molecule is CCc1cc(CN2C(=O)C(C)NC(=O)CC2C)n(C)n1. The molecule has 6 heteroatoms.